The average Bonchev–Trinajstić information content (AvgIpc) is 2.96. The molecular formula is C16H23BN4O4. The molecule has 2 aliphatic heterocycles. The molecule has 2 unspecified atom stereocenters. The molecule has 8 nitrogen and oxygen atoms in total. The summed E-state index contributed by atoms with van der Waals surface area (Å²) in [5, 5.41) is 15.2. The van der Waals surface area contributed by atoms with E-state index < -0.39 is 30.6 Å². The van der Waals surface area contributed by atoms with Crippen molar-refractivity contribution in [2.24, 2.45) is 10.7 Å². The number of carboxylic acids is 1. The zero-order valence-electron chi connectivity index (χ0n) is 14.4. The van der Waals surface area contributed by atoms with Crippen molar-refractivity contribution in [2.75, 3.05) is 6.54 Å². The molecule has 0 aliphatic carbocycles. The number of rotatable bonds is 6. The van der Waals surface area contributed by atoms with Crippen molar-refractivity contribution in [3.05, 3.63) is 30.3 Å². The van der Waals surface area contributed by atoms with Gasteiger partial charge in [0.05, 0.1) is 0 Å². The highest BCUT2D eigenvalue weighted by atomic mass is 16.7. The molecule has 3 atom stereocenters. The number of nitrogens with two attached hydrogens (primary N) is 1. The maximum Gasteiger partial charge on any atom is 0.497 e. The van der Waals surface area contributed by atoms with Crippen LogP contribution in [0.25, 0.3) is 0 Å². The SMILES string of the molecule is CC12NC(=NCCC[C@H](N)C(=O)O)NC1(C)OB(c1ccccc1)O2. The van der Waals surface area contributed by atoms with E-state index in [1.807, 2.05) is 44.2 Å². The van der Waals surface area contributed by atoms with E-state index in [2.05, 4.69) is 15.6 Å². The van der Waals surface area contributed by atoms with Crippen LogP contribution in [-0.4, -0.2) is 48.2 Å². The third-order valence-corrected chi connectivity index (χ3v) is 4.64. The van der Waals surface area contributed by atoms with E-state index in [1.54, 1.807) is 0 Å². The lowest BCUT2D eigenvalue weighted by molar-refractivity contribution is -0.138. The molecule has 0 saturated carbocycles. The second-order valence-corrected chi connectivity index (χ2v) is 6.61. The number of carboxylic acid groups (broad SMARTS) is 1. The Balaban J connectivity index is 1.59. The van der Waals surface area contributed by atoms with E-state index in [0.717, 1.165) is 5.46 Å². The summed E-state index contributed by atoms with van der Waals surface area (Å²) in [6.07, 6.45) is 0.964. The quantitative estimate of drug-likeness (QED) is 0.409. The normalized spacial score (nSPS) is 28.9. The van der Waals surface area contributed by atoms with Crippen molar-refractivity contribution in [1.82, 2.24) is 10.6 Å². The fraction of sp³-hybridized carbons (Fsp3) is 0.500. The van der Waals surface area contributed by atoms with Gasteiger partial charge in [0.15, 0.2) is 17.4 Å². The average molecular weight is 346 g/mol. The third-order valence-electron chi connectivity index (χ3n) is 4.64. The highest BCUT2D eigenvalue weighted by Crippen LogP contribution is 2.36. The van der Waals surface area contributed by atoms with Crippen LogP contribution in [0.15, 0.2) is 35.3 Å². The summed E-state index contributed by atoms with van der Waals surface area (Å²) in [6, 6.07) is 8.89. The summed E-state index contributed by atoms with van der Waals surface area (Å²) in [6.45, 7) is 4.28. The molecule has 25 heavy (non-hydrogen) atoms. The van der Waals surface area contributed by atoms with Gasteiger partial charge in [-0.25, -0.2) is 0 Å². The number of benzene rings is 1. The van der Waals surface area contributed by atoms with Gasteiger partial charge in [0, 0.05) is 6.54 Å². The molecule has 3 rings (SSSR count). The van der Waals surface area contributed by atoms with Gasteiger partial charge in [-0.1, -0.05) is 30.3 Å². The van der Waals surface area contributed by atoms with Crippen LogP contribution in [0.3, 0.4) is 0 Å². The summed E-state index contributed by atoms with van der Waals surface area (Å²) in [4.78, 5) is 15.1. The van der Waals surface area contributed by atoms with Crippen LogP contribution in [0.5, 0.6) is 0 Å². The third kappa shape index (κ3) is 3.48. The number of hydrogen-bond acceptors (Lipinski definition) is 5. The van der Waals surface area contributed by atoms with Crippen LogP contribution >= 0.6 is 0 Å². The zero-order chi connectivity index (χ0) is 18.1. The summed E-state index contributed by atoms with van der Waals surface area (Å²) in [7, 11) is -0.466. The molecule has 2 saturated heterocycles. The lowest BCUT2D eigenvalue weighted by Gasteiger charge is -2.29. The lowest BCUT2D eigenvalue weighted by Crippen LogP contribution is -2.53. The van der Waals surface area contributed by atoms with Gasteiger partial charge in [-0.15, -0.1) is 0 Å². The predicted molar refractivity (Wildman–Crippen MR) is 94.2 cm³/mol. The molecule has 2 heterocycles. The van der Waals surface area contributed by atoms with Gasteiger partial charge in [-0.3, -0.25) is 9.79 Å². The Labute approximate surface area is 146 Å². The van der Waals surface area contributed by atoms with Crippen LogP contribution in [0.4, 0.5) is 0 Å². The molecular weight excluding hydrogens is 323 g/mol. The number of fused-ring (bicyclic) bond motifs is 1. The van der Waals surface area contributed by atoms with Crippen LogP contribution in [-0.2, 0) is 14.1 Å². The van der Waals surface area contributed by atoms with Crippen LogP contribution in [0.1, 0.15) is 26.7 Å². The predicted octanol–water partition coefficient (Wildman–Crippen LogP) is -0.398. The zero-order valence-corrected chi connectivity index (χ0v) is 14.4. The van der Waals surface area contributed by atoms with Crippen molar-refractivity contribution in [3.63, 3.8) is 0 Å². The maximum atomic E-state index is 10.7. The summed E-state index contributed by atoms with van der Waals surface area (Å²) in [5.41, 5.74) is 4.91. The Morgan fingerprint density at radius 1 is 1.28 bits per heavy atom. The Bertz CT molecular complexity index is 651. The lowest BCUT2D eigenvalue weighted by atomic mass is 9.79. The summed E-state index contributed by atoms with van der Waals surface area (Å²) in [5.74, 6) is -0.423. The number of aliphatic carboxylic acids is 1. The summed E-state index contributed by atoms with van der Waals surface area (Å²) >= 11 is 0. The van der Waals surface area contributed by atoms with Crippen LogP contribution in [0.2, 0.25) is 0 Å². The van der Waals surface area contributed by atoms with E-state index in [9.17, 15) is 4.79 Å². The van der Waals surface area contributed by atoms with Gasteiger partial charge >= 0.3 is 13.1 Å². The first kappa shape index (κ1) is 17.7. The van der Waals surface area contributed by atoms with E-state index >= 15 is 0 Å². The minimum absolute atomic E-state index is 0.379. The Morgan fingerprint density at radius 2 is 1.88 bits per heavy atom. The van der Waals surface area contributed by atoms with Gasteiger partial charge < -0.3 is 30.8 Å². The Morgan fingerprint density at radius 3 is 2.44 bits per heavy atom. The van der Waals surface area contributed by atoms with Crippen molar-refractivity contribution in [1.29, 1.82) is 0 Å². The van der Waals surface area contributed by atoms with Crippen molar-refractivity contribution in [2.45, 2.75) is 44.2 Å². The first-order chi connectivity index (χ1) is 11.8. The Hall–Kier alpha value is -2.10. The van der Waals surface area contributed by atoms with Crippen molar-refractivity contribution >= 4 is 24.5 Å². The number of carbonyl (C=O) groups is 1. The van der Waals surface area contributed by atoms with E-state index in [4.69, 9.17) is 20.1 Å². The highest BCUT2D eigenvalue weighted by molar-refractivity contribution is 6.62. The number of aliphatic imine (C=N–C) groups is 1. The number of guanidine groups is 1. The largest absolute Gasteiger partial charge is 0.497 e. The fourth-order valence-electron chi connectivity index (χ4n) is 2.91. The molecule has 9 heteroatoms. The number of hydrogen-bond donors (Lipinski definition) is 4. The second-order valence-electron chi connectivity index (χ2n) is 6.61. The molecule has 1 aromatic rings. The van der Waals surface area contributed by atoms with Crippen LogP contribution < -0.4 is 21.8 Å². The fourth-order valence-corrected chi connectivity index (χ4v) is 2.91. The highest BCUT2D eigenvalue weighted by Gasteiger charge is 2.62. The smallest absolute Gasteiger partial charge is 0.480 e. The van der Waals surface area contributed by atoms with Gasteiger partial charge in [-0.05, 0) is 32.2 Å². The minimum Gasteiger partial charge on any atom is -0.480 e. The first-order valence-corrected chi connectivity index (χ1v) is 8.33. The van der Waals surface area contributed by atoms with Crippen molar-refractivity contribution < 1.29 is 19.2 Å². The molecule has 0 amide bonds. The molecule has 2 fully saturated rings. The standard InChI is InChI=1S/C16H23BN4O4/c1-15-16(2,25-17(24-15)11-7-4-3-5-8-11)21-14(20-15)19-10-6-9-12(18)13(22)23/h3-5,7-8,12H,6,9-10,18H2,1-2H3,(H,22,23)(H2,19,20,21)/t12-,15?,16?/m0/s1. The maximum absolute atomic E-state index is 10.7. The molecule has 2 aliphatic rings. The van der Waals surface area contributed by atoms with E-state index in [-0.39, 0.29) is 0 Å². The first-order valence-electron chi connectivity index (χ1n) is 8.33. The molecule has 0 spiro atoms. The molecule has 134 valence electrons. The van der Waals surface area contributed by atoms with E-state index in [1.165, 1.54) is 0 Å². The molecule has 1 aromatic carbocycles. The second kappa shape index (κ2) is 6.66. The molecule has 0 radical (unpaired) electrons. The van der Waals surface area contributed by atoms with Crippen LogP contribution in [0, 0.1) is 0 Å². The van der Waals surface area contributed by atoms with Crippen molar-refractivity contribution in [3.8, 4) is 0 Å². The molecule has 5 N–H and O–H groups in total. The summed E-state index contributed by atoms with van der Waals surface area (Å²) < 4.78 is 12.2. The number of nitrogens with zero attached hydrogens (tertiary/aromatic N) is 1. The molecule has 0 aromatic heterocycles. The topological polar surface area (TPSA) is 118 Å². The monoisotopic (exact) mass is 346 g/mol. The van der Waals surface area contributed by atoms with E-state index in [0.29, 0.717) is 25.3 Å². The molecule has 0 bridgehead atoms. The van der Waals surface area contributed by atoms with Gasteiger partial charge in [0.25, 0.3) is 0 Å². The van der Waals surface area contributed by atoms with Gasteiger partial charge in [0.2, 0.25) is 0 Å². The van der Waals surface area contributed by atoms with Gasteiger partial charge in [-0.2, -0.15) is 0 Å². The van der Waals surface area contributed by atoms with Gasteiger partial charge in [0.1, 0.15) is 6.04 Å². The number of nitrogens with one attached hydrogen (secondary N) is 2. The minimum atomic E-state index is -0.993. The Kier molecular flexibility index (Phi) is 4.72.